The number of rotatable bonds is 4. The third kappa shape index (κ3) is 2.64. The van der Waals surface area contributed by atoms with Gasteiger partial charge in [-0.2, -0.15) is 0 Å². The van der Waals surface area contributed by atoms with Crippen LogP contribution in [0.15, 0.2) is 12.2 Å². The van der Waals surface area contributed by atoms with E-state index in [9.17, 15) is 19.2 Å². The van der Waals surface area contributed by atoms with Gasteiger partial charge >= 0.3 is 0 Å². The second-order valence-electron chi connectivity index (χ2n) is 4.66. The van der Waals surface area contributed by atoms with Gasteiger partial charge in [-0.3, -0.25) is 24.1 Å². The monoisotopic (exact) mass is 265 g/mol. The van der Waals surface area contributed by atoms with E-state index in [1.54, 1.807) is 0 Å². The lowest BCUT2D eigenvalue weighted by Crippen LogP contribution is -2.43. The highest BCUT2D eigenvalue weighted by molar-refractivity contribution is 6.07. The summed E-state index contributed by atoms with van der Waals surface area (Å²) in [5, 5.41) is 2.26. The van der Waals surface area contributed by atoms with Crippen molar-refractivity contribution in [2.24, 2.45) is 17.6 Å². The summed E-state index contributed by atoms with van der Waals surface area (Å²) in [5.41, 5.74) is 4.89. The third-order valence-corrected chi connectivity index (χ3v) is 3.36. The zero-order chi connectivity index (χ0) is 14.0. The fourth-order valence-electron chi connectivity index (χ4n) is 2.41. The fraction of sp³-hybridized carbons (Fsp3) is 0.500. The minimum atomic E-state index is -0.676. The largest absolute Gasteiger partial charge is 0.368 e. The van der Waals surface area contributed by atoms with E-state index < -0.39 is 11.8 Å². The van der Waals surface area contributed by atoms with Crippen molar-refractivity contribution in [2.75, 3.05) is 13.1 Å². The topological polar surface area (TPSA) is 110 Å². The number of nitrogens with one attached hydrogen (secondary N) is 1. The maximum atomic E-state index is 12.0. The molecule has 2 aliphatic rings. The summed E-state index contributed by atoms with van der Waals surface area (Å²) in [6, 6.07) is 0. The average molecular weight is 265 g/mol. The number of carbonyl (C=O) groups is 4. The van der Waals surface area contributed by atoms with Crippen LogP contribution in [0.2, 0.25) is 0 Å². The van der Waals surface area contributed by atoms with Crippen molar-refractivity contribution in [3.05, 3.63) is 12.2 Å². The van der Waals surface area contributed by atoms with E-state index in [1.165, 1.54) is 0 Å². The predicted octanol–water partition coefficient (Wildman–Crippen LogP) is -1.46. The van der Waals surface area contributed by atoms with Crippen LogP contribution in [0.5, 0.6) is 0 Å². The van der Waals surface area contributed by atoms with Crippen molar-refractivity contribution >= 4 is 23.6 Å². The van der Waals surface area contributed by atoms with Gasteiger partial charge in [-0.25, -0.2) is 0 Å². The zero-order valence-corrected chi connectivity index (χ0v) is 10.3. The number of amides is 4. The minimum absolute atomic E-state index is 0.302. The van der Waals surface area contributed by atoms with Crippen molar-refractivity contribution in [3.63, 3.8) is 0 Å². The highest BCUT2D eigenvalue weighted by atomic mass is 16.2. The molecule has 0 aromatic heterocycles. The third-order valence-electron chi connectivity index (χ3n) is 3.36. The van der Waals surface area contributed by atoms with Crippen LogP contribution in [0.1, 0.15) is 12.8 Å². The molecule has 1 fully saturated rings. The smallest absolute Gasteiger partial charge is 0.240 e. The van der Waals surface area contributed by atoms with Crippen molar-refractivity contribution in [3.8, 4) is 0 Å². The van der Waals surface area contributed by atoms with Gasteiger partial charge in [0.1, 0.15) is 6.54 Å². The molecule has 3 N–H and O–H groups in total. The molecule has 0 bridgehead atoms. The second-order valence-corrected chi connectivity index (χ2v) is 4.66. The highest BCUT2D eigenvalue weighted by Gasteiger charge is 2.47. The van der Waals surface area contributed by atoms with E-state index in [4.69, 9.17) is 5.73 Å². The van der Waals surface area contributed by atoms with E-state index in [0.29, 0.717) is 12.8 Å². The van der Waals surface area contributed by atoms with Crippen LogP contribution in [0.3, 0.4) is 0 Å². The Morgan fingerprint density at radius 1 is 1.21 bits per heavy atom. The molecule has 1 heterocycles. The molecule has 1 aliphatic carbocycles. The Kier molecular flexibility index (Phi) is 3.64. The van der Waals surface area contributed by atoms with Crippen LogP contribution in [0.4, 0.5) is 0 Å². The van der Waals surface area contributed by atoms with E-state index in [-0.39, 0.29) is 36.7 Å². The van der Waals surface area contributed by atoms with E-state index >= 15 is 0 Å². The first-order valence-electron chi connectivity index (χ1n) is 6.06. The van der Waals surface area contributed by atoms with Crippen LogP contribution >= 0.6 is 0 Å². The maximum Gasteiger partial charge on any atom is 0.240 e. The van der Waals surface area contributed by atoms with Crippen LogP contribution in [0.25, 0.3) is 0 Å². The van der Waals surface area contributed by atoms with Gasteiger partial charge in [-0.05, 0) is 12.8 Å². The van der Waals surface area contributed by atoms with Crippen molar-refractivity contribution in [1.82, 2.24) is 10.2 Å². The summed E-state index contributed by atoms with van der Waals surface area (Å²) >= 11 is 0. The van der Waals surface area contributed by atoms with Gasteiger partial charge in [0.15, 0.2) is 0 Å². The first-order chi connectivity index (χ1) is 9.00. The molecule has 0 aromatic carbocycles. The molecule has 0 aromatic rings. The quantitative estimate of drug-likeness (QED) is 0.478. The molecule has 7 nitrogen and oxygen atoms in total. The normalized spacial score (nSPS) is 25.4. The molecular weight excluding hydrogens is 250 g/mol. The summed E-state index contributed by atoms with van der Waals surface area (Å²) < 4.78 is 0. The summed E-state index contributed by atoms with van der Waals surface area (Å²) in [5.74, 6) is -2.55. The summed E-state index contributed by atoms with van der Waals surface area (Å²) in [7, 11) is 0. The summed E-state index contributed by atoms with van der Waals surface area (Å²) in [4.78, 5) is 47.1. The van der Waals surface area contributed by atoms with Crippen LogP contribution in [-0.2, 0) is 19.2 Å². The molecule has 2 atom stereocenters. The van der Waals surface area contributed by atoms with Crippen molar-refractivity contribution in [1.29, 1.82) is 0 Å². The molecular formula is C12H15N3O4. The number of carbonyl (C=O) groups excluding carboxylic acids is 4. The number of hydrogen-bond acceptors (Lipinski definition) is 4. The van der Waals surface area contributed by atoms with E-state index in [2.05, 4.69) is 5.32 Å². The summed E-state index contributed by atoms with van der Waals surface area (Å²) in [6.45, 7) is -0.651. The molecule has 0 radical (unpaired) electrons. The summed E-state index contributed by atoms with van der Waals surface area (Å²) in [6.07, 6.45) is 4.83. The number of hydrogen-bond donors (Lipinski definition) is 2. The van der Waals surface area contributed by atoms with Gasteiger partial charge in [0.25, 0.3) is 0 Å². The molecule has 102 valence electrons. The number of nitrogens with zero attached hydrogens (tertiary/aromatic N) is 1. The van der Waals surface area contributed by atoms with Crippen LogP contribution < -0.4 is 11.1 Å². The Balaban J connectivity index is 1.98. The Hall–Kier alpha value is -2.18. The number of fused-ring (bicyclic) bond motifs is 1. The SMILES string of the molecule is NC(=O)CNC(=O)CN1C(=O)[C@H]2CC=CC[C@@H]2C1=O. The Morgan fingerprint density at radius 2 is 1.74 bits per heavy atom. The van der Waals surface area contributed by atoms with Crippen LogP contribution in [0, 0.1) is 11.8 Å². The number of likely N-dealkylation sites (tertiary alicyclic amines) is 1. The van der Waals surface area contributed by atoms with Crippen molar-refractivity contribution in [2.45, 2.75) is 12.8 Å². The number of imide groups is 1. The van der Waals surface area contributed by atoms with Crippen molar-refractivity contribution < 1.29 is 19.2 Å². The zero-order valence-electron chi connectivity index (χ0n) is 10.3. The van der Waals surface area contributed by atoms with Gasteiger partial charge in [0, 0.05) is 0 Å². The molecule has 1 saturated heterocycles. The van der Waals surface area contributed by atoms with E-state index in [1.807, 2.05) is 12.2 Å². The predicted molar refractivity (Wildman–Crippen MR) is 64.3 cm³/mol. The van der Waals surface area contributed by atoms with Gasteiger partial charge in [0.05, 0.1) is 18.4 Å². The van der Waals surface area contributed by atoms with Crippen LogP contribution in [-0.4, -0.2) is 41.6 Å². The number of nitrogens with two attached hydrogens (primary N) is 1. The molecule has 7 heteroatoms. The Bertz CT molecular complexity index is 446. The fourth-order valence-corrected chi connectivity index (χ4v) is 2.41. The number of allylic oxidation sites excluding steroid dienone is 2. The van der Waals surface area contributed by atoms with Gasteiger partial charge in [-0.15, -0.1) is 0 Å². The molecule has 0 unspecified atom stereocenters. The van der Waals surface area contributed by atoms with Gasteiger partial charge in [0.2, 0.25) is 23.6 Å². The molecule has 1 aliphatic heterocycles. The first kappa shape index (κ1) is 13.3. The molecule has 19 heavy (non-hydrogen) atoms. The molecule has 0 saturated carbocycles. The van der Waals surface area contributed by atoms with Gasteiger partial charge in [-0.1, -0.05) is 12.2 Å². The standard InChI is InChI=1S/C12H15N3O4/c13-9(16)5-14-10(17)6-15-11(18)7-3-1-2-4-8(7)12(15)19/h1-2,7-8H,3-6H2,(H2,13,16)(H,14,17)/t7-,8-/m0/s1. The Morgan fingerprint density at radius 3 is 2.21 bits per heavy atom. The first-order valence-corrected chi connectivity index (χ1v) is 6.06. The van der Waals surface area contributed by atoms with Gasteiger partial charge < -0.3 is 11.1 Å². The highest BCUT2D eigenvalue weighted by Crippen LogP contribution is 2.34. The minimum Gasteiger partial charge on any atom is -0.368 e. The lowest BCUT2D eigenvalue weighted by atomic mass is 9.85. The lowest BCUT2D eigenvalue weighted by Gasteiger charge is -2.14. The number of primary amides is 1. The lowest BCUT2D eigenvalue weighted by molar-refractivity contribution is -0.143. The second kappa shape index (κ2) is 5.21. The maximum absolute atomic E-state index is 12.0. The average Bonchev–Trinajstić information content (AvgIpc) is 2.62. The van der Waals surface area contributed by atoms with E-state index in [0.717, 1.165) is 4.90 Å². The molecule has 0 spiro atoms. The Labute approximate surface area is 109 Å². The molecule has 2 rings (SSSR count). The molecule has 4 amide bonds.